The van der Waals surface area contributed by atoms with Crippen molar-refractivity contribution >= 4 is 11.7 Å². The monoisotopic (exact) mass is 486 g/mol. The molecule has 33 heavy (non-hydrogen) atoms. The Labute approximate surface area is 195 Å². The quantitative estimate of drug-likeness (QED) is 0.0992. The van der Waals surface area contributed by atoms with Crippen LogP contribution in [-0.4, -0.2) is 41.5 Å². The lowest BCUT2D eigenvalue weighted by atomic mass is 9.95. The van der Waals surface area contributed by atoms with Gasteiger partial charge in [-0.15, -0.1) is 0 Å². The van der Waals surface area contributed by atoms with Crippen molar-refractivity contribution in [2.24, 2.45) is 10.7 Å². The molecule has 196 valence electrons. The SMILES string of the molecule is CCCCCCCCCCCCCCCCC(=NCCCC(N)(C(=O)O)C(F)F)C(F)(F)F. The molecule has 0 radical (unpaired) electrons. The van der Waals surface area contributed by atoms with Gasteiger partial charge < -0.3 is 10.8 Å². The zero-order valence-corrected chi connectivity index (χ0v) is 20.1. The Hall–Kier alpha value is -1.25. The van der Waals surface area contributed by atoms with Gasteiger partial charge in [-0.05, 0) is 25.7 Å². The molecule has 9 heteroatoms. The van der Waals surface area contributed by atoms with Crippen LogP contribution >= 0.6 is 0 Å². The predicted molar refractivity (Wildman–Crippen MR) is 123 cm³/mol. The van der Waals surface area contributed by atoms with Crippen LogP contribution in [0.5, 0.6) is 0 Å². The van der Waals surface area contributed by atoms with E-state index in [1.165, 1.54) is 57.8 Å². The third-order valence-electron chi connectivity index (χ3n) is 5.93. The first-order valence-corrected chi connectivity index (χ1v) is 12.5. The number of aliphatic carboxylic acids is 1. The molecule has 0 spiro atoms. The number of carboxylic acids is 1. The van der Waals surface area contributed by atoms with Gasteiger partial charge in [0.05, 0.1) is 0 Å². The molecule has 0 saturated carbocycles. The maximum Gasteiger partial charge on any atom is 0.429 e. The lowest BCUT2D eigenvalue weighted by Gasteiger charge is -2.23. The standard InChI is InChI=1S/C24H43F5N2O2/c1-2-3-4-5-6-7-8-9-10-11-12-13-14-15-17-20(24(27,28)29)31-19-16-18-23(30,21(25)26)22(32)33/h21H,2-19,30H2,1H3,(H,32,33). The van der Waals surface area contributed by atoms with Crippen LogP contribution in [0.1, 0.15) is 116 Å². The van der Waals surface area contributed by atoms with Crippen molar-refractivity contribution in [1.29, 1.82) is 0 Å². The summed E-state index contributed by atoms with van der Waals surface area (Å²) in [5.74, 6) is -1.88. The minimum Gasteiger partial charge on any atom is -0.480 e. The summed E-state index contributed by atoms with van der Waals surface area (Å²) in [6.45, 7) is 1.83. The van der Waals surface area contributed by atoms with Crippen molar-refractivity contribution in [3.05, 3.63) is 0 Å². The minimum atomic E-state index is -4.58. The van der Waals surface area contributed by atoms with Crippen molar-refractivity contribution < 1.29 is 31.9 Å². The van der Waals surface area contributed by atoms with Crippen LogP contribution in [0.15, 0.2) is 4.99 Å². The highest BCUT2D eigenvalue weighted by molar-refractivity contribution is 5.89. The maximum atomic E-state index is 13.1. The smallest absolute Gasteiger partial charge is 0.429 e. The Bertz CT molecular complexity index is 541. The number of nitrogens with zero attached hydrogens (tertiary/aromatic N) is 1. The summed E-state index contributed by atoms with van der Waals surface area (Å²) in [6.07, 6.45) is 6.50. The summed E-state index contributed by atoms with van der Waals surface area (Å²) in [5, 5.41) is 8.81. The average Bonchev–Trinajstić information content (AvgIpc) is 2.73. The van der Waals surface area contributed by atoms with Crippen molar-refractivity contribution in [3.63, 3.8) is 0 Å². The fourth-order valence-corrected chi connectivity index (χ4v) is 3.69. The van der Waals surface area contributed by atoms with E-state index in [1.807, 2.05) is 0 Å². The molecule has 0 aliphatic heterocycles. The number of rotatable bonds is 21. The number of aliphatic imine (C=N–C) groups is 1. The number of halogens is 5. The molecule has 0 aromatic heterocycles. The second kappa shape index (κ2) is 18.1. The highest BCUT2D eigenvalue weighted by atomic mass is 19.4. The van der Waals surface area contributed by atoms with Gasteiger partial charge in [0.2, 0.25) is 0 Å². The first kappa shape index (κ1) is 31.8. The van der Waals surface area contributed by atoms with Gasteiger partial charge in [0.15, 0.2) is 5.54 Å². The molecule has 0 fully saturated rings. The lowest BCUT2D eigenvalue weighted by molar-refractivity contribution is -0.150. The highest BCUT2D eigenvalue weighted by Gasteiger charge is 2.43. The number of unbranched alkanes of at least 4 members (excludes halogenated alkanes) is 13. The van der Waals surface area contributed by atoms with Crippen LogP contribution in [-0.2, 0) is 4.79 Å². The summed E-state index contributed by atoms with van der Waals surface area (Å²) in [5.41, 5.74) is 1.48. The van der Waals surface area contributed by atoms with Crippen molar-refractivity contribution in [2.45, 2.75) is 134 Å². The molecule has 1 atom stereocenters. The fraction of sp³-hybridized carbons (Fsp3) is 0.917. The van der Waals surface area contributed by atoms with E-state index in [-0.39, 0.29) is 19.4 Å². The zero-order chi connectivity index (χ0) is 25.2. The van der Waals surface area contributed by atoms with Crippen LogP contribution in [0, 0.1) is 0 Å². The number of alkyl halides is 5. The van der Waals surface area contributed by atoms with E-state index < -0.39 is 36.2 Å². The van der Waals surface area contributed by atoms with Crippen LogP contribution < -0.4 is 5.73 Å². The van der Waals surface area contributed by atoms with E-state index >= 15 is 0 Å². The first-order chi connectivity index (χ1) is 15.6. The summed E-state index contributed by atoms with van der Waals surface area (Å²) >= 11 is 0. The molecule has 0 aliphatic carbocycles. The number of nitrogens with two attached hydrogens (primary N) is 1. The second-order valence-electron chi connectivity index (χ2n) is 8.92. The molecule has 0 bridgehead atoms. The molecule has 0 heterocycles. The molecular weight excluding hydrogens is 443 g/mol. The van der Waals surface area contributed by atoms with Gasteiger partial charge in [-0.25, -0.2) is 13.6 Å². The van der Waals surface area contributed by atoms with Gasteiger partial charge in [-0.2, -0.15) is 13.2 Å². The van der Waals surface area contributed by atoms with E-state index in [2.05, 4.69) is 11.9 Å². The normalized spacial score (nSPS) is 14.6. The van der Waals surface area contributed by atoms with E-state index in [0.717, 1.165) is 19.3 Å². The van der Waals surface area contributed by atoms with E-state index in [0.29, 0.717) is 12.8 Å². The Morgan fingerprint density at radius 1 is 0.818 bits per heavy atom. The topological polar surface area (TPSA) is 75.7 Å². The average molecular weight is 487 g/mol. The van der Waals surface area contributed by atoms with Gasteiger partial charge in [-0.1, -0.05) is 90.4 Å². The fourth-order valence-electron chi connectivity index (χ4n) is 3.69. The molecule has 0 aliphatic rings. The Morgan fingerprint density at radius 2 is 1.24 bits per heavy atom. The molecule has 0 saturated heterocycles. The molecule has 0 amide bonds. The molecule has 4 nitrogen and oxygen atoms in total. The van der Waals surface area contributed by atoms with Crippen LogP contribution in [0.2, 0.25) is 0 Å². The summed E-state index contributed by atoms with van der Waals surface area (Å²) in [4.78, 5) is 14.4. The van der Waals surface area contributed by atoms with Gasteiger partial charge in [0.1, 0.15) is 5.71 Å². The maximum absolute atomic E-state index is 13.1. The Kier molecular flexibility index (Phi) is 17.4. The van der Waals surface area contributed by atoms with Gasteiger partial charge in [0.25, 0.3) is 6.43 Å². The number of carbonyl (C=O) groups is 1. The van der Waals surface area contributed by atoms with E-state index in [4.69, 9.17) is 10.8 Å². The van der Waals surface area contributed by atoms with Gasteiger partial charge in [0, 0.05) is 6.54 Å². The van der Waals surface area contributed by atoms with Crippen molar-refractivity contribution in [3.8, 4) is 0 Å². The van der Waals surface area contributed by atoms with Gasteiger partial charge in [-0.3, -0.25) is 4.99 Å². The second-order valence-corrected chi connectivity index (χ2v) is 8.92. The predicted octanol–water partition coefficient (Wildman–Crippen LogP) is 7.69. The molecule has 0 rings (SSSR count). The van der Waals surface area contributed by atoms with Crippen LogP contribution in [0.25, 0.3) is 0 Å². The van der Waals surface area contributed by atoms with Crippen LogP contribution in [0.4, 0.5) is 22.0 Å². The largest absolute Gasteiger partial charge is 0.480 e. The third-order valence-corrected chi connectivity index (χ3v) is 5.93. The van der Waals surface area contributed by atoms with Crippen molar-refractivity contribution in [2.75, 3.05) is 6.54 Å². The molecule has 1 unspecified atom stereocenters. The molecular formula is C24H43F5N2O2. The zero-order valence-electron chi connectivity index (χ0n) is 20.1. The highest BCUT2D eigenvalue weighted by Crippen LogP contribution is 2.23. The number of carboxylic acid groups (broad SMARTS) is 1. The number of hydrogen-bond acceptors (Lipinski definition) is 3. The summed E-state index contributed by atoms with van der Waals surface area (Å²) < 4.78 is 65.0. The number of hydrogen-bond donors (Lipinski definition) is 2. The summed E-state index contributed by atoms with van der Waals surface area (Å²) in [7, 11) is 0. The Morgan fingerprint density at radius 3 is 1.61 bits per heavy atom. The molecule has 0 aromatic rings. The first-order valence-electron chi connectivity index (χ1n) is 12.5. The summed E-state index contributed by atoms with van der Waals surface area (Å²) in [6, 6.07) is 0. The molecule has 3 N–H and O–H groups in total. The van der Waals surface area contributed by atoms with Gasteiger partial charge >= 0.3 is 12.1 Å². The van der Waals surface area contributed by atoms with E-state index in [1.54, 1.807) is 0 Å². The molecule has 0 aromatic carbocycles. The van der Waals surface area contributed by atoms with Crippen LogP contribution in [0.3, 0.4) is 0 Å². The van der Waals surface area contributed by atoms with Crippen molar-refractivity contribution in [1.82, 2.24) is 0 Å². The third kappa shape index (κ3) is 15.3. The van der Waals surface area contributed by atoms with E-state index in [9.17, 15) is 26.7 Å². The minimum absolute atomic E-state index is 0.219. The lowest BCUT2D eigenvalue weighted by Crippen LogP contribution is -2.54. The Balaban J connectivity index is 4.00.